The van der Waals surface area contributed by atoms with Crippen LogP contribution < -0.4 is 0 Å². The molecule has 21 heavy (non-hydrogen) atoms. The first-order valence-corrected chi connectivity index (χ1v) is 7.17. The van der Waals surface area contributed by atoms with Crippen LogP contribution in [-0.4, -0.2) is 54.8 Å². The summed E-state index contributed by atoms with van der Waals surface area (Å²) in [4.78, 5) is 17.5. The number of morpholine rings is 1. The van der Waals surface area contributed by atoms with Crippen molar-refractivity contribution in [3.63, 3.8) is 0 Å². The molecule has 1 aliphatic rings. The zero-order valence-corrected chi connectivity index (χ0v) is 12.4. The molecule has 0 aliphatic carbocycles. The molecule has 1 fully saturated rings. The van der Waals surface area contributed by atoms with Gasteiger partial charge in [-0.2, -0.15) is 4.39 Å². The average molecular weight is 296 g/mol. The largest absolute Gasteiger partial charge is 0.459 e. The van der Waals surface area contributed by atoms with Crippen molar-refractivity contribution in [3.8, 4) is 0 Å². The maximum absolute atomic E-state index is 12.9. The van der Waals surface area contributed by atoms with Crippen LogP contribution in [0.5, 0.6) is 0 Å². The minimum Gasteiger partial charge on any atom is -0.459 e. The molecule has 0 amide bonds. The standard InChI is InChI=1S/C15H21FN2O3/c1-11(2)8-18-5-6-20-13(9-18)10-21-15(19)12-3-4-17-14(16)7-12/h3-4,7,11,13H,5-6,8-10H2,1-2H3/t13-/m1/s1. The van der Waals surface area contributed by atoms with E-state index in [2.05, 4.69) is 23.7 Å². The zero-order valence-electron chi connectivity index (χ0n) is 12.4. The lowest BCUT2D eigenvalue weighted by Gasteiger charge is -2.33. The summed E-state index contributed by atoms with van der Waals surface area (Å²) < 4.78 is 23.7. The number of ether oxygens (including phenoxy) is 2. The first kappa shape index (κ1) is 15.9. The molecule has 0 spiro atoms. The highest BCUT2D eigenvalue weighted by molar-refractivity contribution is 5.89. The van der Waals surface area contributed by atoms with E-state index in [-0.39, 0.29) is 18.3 Å². The molecule has 1 saturated heterocycles. The number of aromatic nitrogens is 1. The molecule has 2 rings (SSSR count). The lowest BCUT2D eigenvalue weighted by atomic mass is 10.2. The maximum atomic E-state index is 12.9. The van der Waals surface area contributed by atoms with Crippen LogP contribution in [0.4, 0.5) is 4.39 Å². The van der Waals surface area contributed by atoms with Gasteiger partial charge in [-0.15, -0.1) is 0 Å². The molecule has 116 valence electrons. The summed E-state index contributed by atoms with van der Waals surface area (Å²) in [5, 5.41) is 0. The number of hydrogen-bond donors (Lipinski definition) is 0. The number of carbonyl (C=O) groups is 1. The molecule has 6 heteroatoms. The summed E-state index contributed by atoms with van der Waals surface area (Å²) >= 11 is 0. The van der Waals surface area contributed by atoms with Crippen LogP contribution in [0.3, 0.4) is 0 Å². The Kier molecular flexibility index (Phi) is 5.64. The molecular formula is C15H21FN2O3. The molecule has 2 heterocycles. The van der Waals surface area contributed by atoms with Gasteiger partial charge in [0.25, 0.3) is 0 Å². The third-order valence-corrected chi connectivity index (χ3v) is 3.21. The van der Waals surface area contributed by atoms with Crippen LogP contribution in [0.15, 0.2) is 18.3 Å². The Morgan fingerprint density at radius 1 is 1.62 bits per heavy atom. The number of esters is 1. The maximum Gasteiger partial charge on any atom is 0.338 e. The Morgan fingerprint density at radius 3 is 3.14 bits per heavy atom. The second kappa shape index (κ2) is 7.47. The molecule has 0 N–H and O–H groups in total. The number of nitrogens with zero attached hydrogens (tertiary/aromatic N) is 2. The molecule has 0 unspecified atom stereocenters. The van der Waals surface area contributed by atoms with Crippen molar-refractivity contribution in [1.82, 2.24) is 9.88 Å². The second-order valence-corrected chi connectivity index (χ2v) is 5.61. The van der Waals surface area contributed by atoms with Crippen molar-refractivity contribution in [1.29, 1.82) is 0 Å². The van der Waals surface area contributed by atoms with E-state index in [1.54, 1.807) is 0 Å². The first-order chi connectivity index (χ1) is 10.0. The molecule has 1 atom stereocenters. The highest BCUT2D eigenvalue weighted by atomic mass is 19.1. The number of rotatable bonds is 5. The van der Waals surface area contributed by atoms with Gasteiger partial charge in [0.15, 0.2) is 0 Å². The summed E-state index contributed by atoms with van der Waals surface area (Å²) in [6, 6.07) is 2.49. The lowest BCUT2D eigenvalue weighted by molar-refractivity contribution is -0.0612. The van der Waals surface area contributed by atoms with E-state index in [1.807, 2.05) is 0 Å². The van der Waals surface area contributed by atoms with Gasteiger partial charge < -0.3 is 9.47 Å². The van der Waals surface area contributed by atoms with Crippen molar-refractivity contribution >= 4 is 5.97 Å². The van der Waals surface area contributed by atoms with Crippen molar-refractivity contribution < 1.29 is 18.7 Å². The fraction of sp³-hybridized carbons (Fsp3) is 0.600. The normalized spacial score (nSPS) is 19.7. The average Bonchev–Trinajstić information content (AvgIpc) is 2.44. The number of pyridine rings is 1. The monoisotopic (exact) mass is 296 g/mol. The van der Waals surface area contributed by atoms with Gasteiger partial charge in [0.05, 0.1) is 12.2 Å². The predicted octanol–water partition coefficient (Wildman–Crippen LogP) is 1.73. The summed E-state index contributed by atoms with van der Waals surface area (Å²) in [6.07, 6.45) is 1.11. The third kappa shape index (κ3) is 5.06. The highest BCUT2D eigenvalue weighted by Gasteiger charge is 2.22. The topological polar surface area (TPSA) is 51.7 Å². The Morgan fingerprint density at radius 2 is 2.43 bits per heavy atom. The van der Waals surface area contributed by atoms with Crippen LogP contribution in [0.25, 0.3) is 0 Å². The number of hydrogen-bond acceptors (Lipinski definition) is 5. The number of halogens is 1. The van der Waals surface area contributed by atoms with Crippen molar-refractivity contribution in [2.45, 2.75) is 20.0 Å². The summed E-state index contributed by atoms with van der Waals surface area (Å²) in [6.45, 7) is 7.80. The van der Waals surface area contributed by atoms with Gasteiger partial charge in [0.1, 0.15) is 12.7 Å². The summed E-state index contributed by atoms with van der Waals surface area (Å²) in [5.41, 5.74) is 0.164. The molecule has 1 aliphatic heterocycles. The number of carbonyl (C=O) groups excluding carboxylic acids is 1. The Bertz CT molecular complexity index is 482. The molecule has 0 bridgehead atoms. The van der Waals surface area contributed by atoms with Crippen LogP contribution in [0, 0.1) is 11.9 Å². The Balaban J connectivity index is 1.81. The van der Waals surface area contributed by atoms with Gasteiger partial charge in [-0.1, -0.05) is 13.8 Å². The first-order valence-electron chi connectivity index (χ1n) is 7.17. The fourth-order valence-electron chi connectivity index (χ4n) is 2.34. The van der Waals surface area contributed by atoms with E-state index >= 15 is 0 Å². The molecule has 1 aromatic heterocycles. The fourth-order valence-corrected chi connectivity index (χ4v) is 2.34. The SMILES string of the molecule is CC(C)CN1CCO[C@@H](COC(=O)c2ccnc(F)c2)C1. The van der Waals surface area contributed by atoms with Crippen molar-refractivity contribution in [2.75, 3.05) is 32.8 Å². The van der Waals surface area contributed by atoms with Crippen molar-refractivity contribution in [2.24, 2.45) is 5.92 Å². The minimum absolute atomic E-state index is 0.131. The molecule has 5 nitrogen and oxygen atoms in total. The van der Waals surface area contributed by atoms with Crippen LogP contribution in [-0.2, 0) is 9.47 Å². The zero-order chi connectivity index (χ0) is 15.2. The lowest BCUT2D eigenvalue weighted by Crippen LogP contribution is -2.45. The summed E-state index contributed by atoms with van der Waals surface area (Å²) in [5.74, 6) is -0.659. The van der Waals surface area contributed by atoms with Crippen molar-refractivity contribution in [3.05, 3.63) is 29.8 Å². The minimum atomic E-state index is -0.693. The van der Waals surface area contributed by atoms with Crippen LogP contribution in [0.1, 0.15) is 24.2 Å². The molecule has 0 aromatic carbocycles. The van der Waals surface area contributed by atoms with Gasteiger partial charge in [0, 0.05) is 31.9 Å². The van der Waals surface area contributed by atoms with E-state index in [0.717, 1.165) is 25.7 Å². The van der Waals surface area contributed by atoms with E-state index < -0.39 is 11.9 Å². The van der Waals surface area contributed by atoms with Gasteiger partial charge in [-0.25, -0.2) is 9.78 Å². The highest BCUT2D eigenvalue weighted by Crippen LogP contribution is 2.10. The van der Waals surface area contributed by atoms with E-state index in [1.165, 1.54) is 12.3 Å². The Labute approximate surface area is 124 Å². The van der Waals surface area contributed by atoms with E-state index in [4.69, 9.17) is 9.47 Å². The van der Waals surface area contributed by atoms with E-state index in [9.17, 15) is 9.18 Å². The quantitative estimate of drug-likeness (QED) is 0.612. The smallest absolute Gasteiger partial charge is 0.338 e. The third-order valence-electron chi connectivity index (χ3n) is 3.21. The van der Waals surface area contributed by atoms with E-state index in [0.29, 0.717) is 12.5 Å². The molecular weight excluding hydrogens is 275 g/mol. The molecule has 1 aromatic rings. The molecule has 0 radical (unpaired) electrons. The second-order valence-electron chi connectivity index (χ2n) is 5.61. The predicted molar refractivity (Wildman–Crippen MR) is 75.5 cm³/mol. The van der Waals surface area contributed by atoms with Gasteiger partial charge in [-0.05, 0) is 12.0 Å². The van der Waals surface area contributed by atoms with Gasteiger partial charge in [0.2, 0.25) is 5.95 Å². The molecule has 0 saturated carbocycles. The van der Waals surface area contributed by atoms with Gasteiger partial charge >= 0.3 is 5.97 Å². The van der Waals surface area contributed by atoms with Crippen LogP contribution in [0.2, 0.25) is 0 Å². The Hall–Kier alpha value is -1.53. The summed E-state index contributed by atoms with van der Waals surface area (Å²) in [7, 11) is 0. The van der Waals surface area contributed by atoms with Crippen LogP contribution >= 0.6 is 0 Å². The van der Waals surface area contributed by atoms with Gasteiger partial charge in [-0.3, -0.25) is 4.90 Å².